The monoisotopic (exact) mass is 1070 g/mol. The van der Waals surface area contributed by atoms with E-state index in [4.69, 9.17) is 4.74 Å². The fourth-order valence-corrected chi connectivity index (χ4v) is 10.9. The molecule has 0 heterocycles. The molecule has 0 aliphatic carbocycles. The minimum Gasteiger partial charge on any atom is -0.466 e. The van der Waals surface area contributed by atoms with Crippen LogP contribution in [-0.2, 0) is 14.3 Å². The first-order valence-corrected chi connectivity index (χ1v) is 34.6. The molecule has 0 spiro atoms. The maximum atomic E-state index is 12.4. The summed E-state index contributed by atoms with van der Waals surface area (Å²) < 4.78 is 5.49. The standard InChI is InChI=1S/C70H135NO5/c1-3-5-7-9-11-13-14-15-37-41-44-48-52-56-60-64-70(75)76-65-61-57-53-49-45-42-39-36-34-32-30-28-26-24-22-20-18-16-17-19-21-23-25-27-29-31-33-35-38-40-43-47-51-55-59-63-69(74)71-67(66-72)68(73)62-58-54-50-46-12-10-8-6-4-2/h15,18,20,37,67-68,72-73H,3-14,16-17,19,21-36,38-66H2,1-2H3,(H,71,74)/b20-18-,37-15-. The number of allylic oxidation sites excluding steroid dienone is 4. The molecule has 0 aliphatic rings. The first kappa shape index (κ1) is 74.3. The van der Waals surface area contributed by atoms with E-state index in [1.807, 2.05) is 0 Å². The van der Waals surface area contributed by atoms with Gasteiger partial charge in [-0.05, 0) is 77.0 Å². The molecule has 76 heavy (non-hydrogen) atoms. The van der Waals surface area contributed by atoms with E-state index in [0.717, 1.165) is 44.9 Å². The van der Waals surface area contributed by atoms with E-state index in [0.29, 0.717) is 25.9 Å². The number of rotatable bonds is 65. The third-order valence-corrected chi connectivity index (χ3v) is 16.2. The van der Waals surface area contributed by atoms with Crippen molar-refractivity contribution < 1.29 is 24.5 Å². The van der Waals surface area contributed by atoms with Crippen LogP contribution >= 0.6 is 0 Å². The van der Waals surface area contributed by atoms with Gasteiger partial charge in [-0.25, -0.2) is 0 Å². The molecule has 0 aromatic heterocycles. The van der Waals surface area contributed by atoms with Crippen molar-refractivity contribution in [1.82, 2.24) is 5.32 Å². The first-order valence-electron chi connectivity index (χ1n) is 34.6. The predicted octanol–water partition coefficient (Wildman–Crippen LogP) is 22.1. The molecule has 0 radical (unpaired) electrons. The molecule has 0 rings (SSSR count). The molecule has 0 saturated heterocycles. The van der Waals surface area contributed by atoms with E-state index in [1.54, 1.807) is 0 Å². The Morgan fingerprint density at radius 2 is 0.618 bits per heavy atom. The molecule has 2 unspecified atom stereocenters. The van der Waals surface area contributed by atoms with Gasteiger partial charge in [-0.1, -0.05) is 321 Å². The van der Waals surface area contributed by atoms with E-state index >= 15 is 0 Å². The molecule has 6 nitrogen and oxygen atoms in total. The highest BCUT2D eigenvalue weighted by atomic mass is 16.5. The SMILES string of the molecule is CCCCCCCC/C=C\CCCCCCCC(=O)OCCCCCCCCCCCCCCCC/C=C\CCCCCCCCCCCCCCCCCCCC(=O)NC(CO)C(O)CCCCCCCCCCC. The lowest BCUT2D eigenvalue weighted by molar-refractivity contribution is -0.143. The van der Waals surface area contributed by atoms with Crippen LogP contribution in [0, 0.1) is 0 Å². The predicted molar refractivity (Wildman–Crippen MR) is 333 cm³/mol. The first-order chi connectivity index (χ1) is 37.5. The Labute approximate surface area is 475 Å². The maximum Gasteiger partial charge on any atom is 0.305 e. The number of nitrogens with one attached hydrogen (secondary N) is 1. The Kier molecular flexibility index (Phi) is 64.4. The van der Waals surface area contributed by atoms with Crippen molar-refractivity contribution in [2.45, 2.75) is 398 Å². The van der Waals surface area contributed by atoms with Gasteiger partial charge in [0.25, 0.3) is 0 Å². The number of aliphatic hydroxyl groups excluding tert-OH is 2. The molecule has 450 valence electrons. The number of esters is 1. The zero-order valence-corrected chi connectivity index (χ0v) is 51.5. The lowest BCUT2D eigenvalue weighted by Crippen LogP contribution is -2.45. The van der Waals surface area contributed by atoms with Crippen molar-refractivity contribution in [3.63, 3.8) is 0 Å². The van der Waals surface area contributed by atoms with Crippen LogP contribution in [0.1, 0.15) is 386 Å². The fourth-order valence-electron chi connectivity index (χ4n) is 10.9. The highest BCUT2D eigenvalue weighted by molar-refractivity contribution is 5.76. The quantitative estimate of drug-likeness (QED) is 0.0320. The lowest BCUT2D eigenvalue weighted by Gasteiger charge is -2.22. The van der Waals surface area contributed by atoms with Crippen LogP contribution in [0.5, 0.6) is 0 Å². The number of hydrogen-bond donors (Lipinski definition) is 3. The lowest BCUT2D eigenvalue weighted by atomic mass is 10.0. The summed E-state index contributed by atoms with van der Waals surface area (Å²) in [4.78, 5) is 24.5. The molecular weight excluding hydrogens is 935 g/mol. The van der Waals surface area contributed by atoms with E-state index in [1.165, 1.54) is 308 Å². The van der Waals surface area contributed by atoms with Crippen LogP contribution in [0.15, 0.2) is 24.3 Å². The van der Waals surface area contributed by atoms with Gasteiger partial charge in [0, 0.05) is 12.8 Å². The molecule has 3 N–H and O–H groups in total. The van der Waals surface area contributed by atoms with Gasteiger partial charge < -0.3 is 20.3 Å². The fraction of sp³-hybridized carbons (Fsp3) is 0.914. The smallest absolute Gasteiger partial charge is 0.305 e. The summed E-state index contributed by atoms with van der Waals surface area (Å²) in [6, 6.07) is -0.536. The second-order valence-corrected chi connectivity index (χ2v) is 23.9. The van der Waals surface area contributed by atoms with Gasteiger partial charge in [-0.15, -0.1) is 0 Å². The van der Waals surface area contributed by atoms with E-state index in [-0.39, 0.29) is 18.5 Å². The Hall–Kier alpha value is -1.66. The van der Waals surface area contributed by atoms with Crippen LogP contribution in [0.25, 0.3) is 0 Å². The van der Waals surface area contributed by atoms with Crippen molar-refractivity contribution in [1.29, 1.82) is 0 Å². The second kappa shape index (κ2) is 65.9. The van der Waals surface area contributed by atoms with Crippen LogP contribution in [0.3, 0.4) is 0 Å². The van der Waals surface area contributed by atoms with Crippen molar-refractivity contribution in [3.05, 3.63) is 24.3 Å². The van der Waals surface area contributed by atoms with E-state index in [2.05, 4.69) is 43.5 Å². The molecule has 0 aromatic rings. The zero-order valence-electron chi connectivity index (χ0n) is 51.5. The number of ether oxygens (including phenoxy) is 1. The molecule has 0 aromatic carbocycles. The average molecular weight is 1070 g/mol. The Bertz CT molecular complexity index is 1190. The van der Waals surface area contributed by atoms with Crippen LogP contribution in [0.2, 0.25) is 0 Å². The minimum atomic E-state index is -0.659. The number of aliphatic hydroxyl groups is 2. The molecule has 6 heteroatoms. The number of amides is 1. The van der Waals surface area contributed by atoms with Crippen molar-refractivity contribution >= 4 is 11.9 Å². The summed E-state index contributed by atoms with van der Waals surface area (Å²) in [6.07, 6.45) is 82.5. The van der Waals surface area contributed by atoms with Crippen molar-refractivity contribution in [2.24, 2.45) is 0 Å². The van der Waals surface area contributed by atoms with Gasteiger partial charge >= 0.3 is 5.97 Å². The second-order valence-electron chi connectivity index (χ2n) is 23.9. The molecule has 0 bridgehead atoms. The largest absolute Gasteiger partial charge is 0.466 e. The van der Waals surface area contributed by atoms with E-state index in [9.17, 15) is 19.8 Å². The molecule has 0 aliphatic heterocycles. The molecule has 0 fully saturated rings. The van der Waals surface area contributed by atoms with Gasteiger partial charge in [-0.3, -0.25) is 9.59 Å². The highest BCUT2D eigenvalue weighted by Crippen LogP contribution is 2.18. The normalized spacial score (nSPS) is 12.6. The molecule has 1 amide bonds. The van der Waals surface area contributed by atoms with Gasteiger partial charge in [0.2, 0.25) is 5.91 Å². The number of carbonyl (C=O) groups is 2. The van der Waals surface area contributed by atoms with Gasteiger partial charge in [0.15, 0.2) is 0 Å². The van der Waals surface area contributed by atoms with Crippen LogP contribution < -0.4 is 5.32 Å². The van der Waals surface area contributed by atoms with Crippen LogP contribution in [-0.4, -0.2) is 47.4 Å². The van der Waals surface area contributed by atoms with Crippen molar-refractivity contribution in [2.75, 3.05) is 13.2 Å². The summed E-state index contributed by atoms with van der Waals surface area (Å²) in [5, 5.41) is 23.1. The summed E-state index contributed by atoms with van der Waals surface area (Å²) in [6.45, 7) is 4.95. The van der Waals surface area contributed by atoms with Gasteiger partial charge in [0.1, 0.15) is 0 Å². The average Bonchev–Trinajstić information content (AvgIpc) is 3.42. The minimum absolute atomic E-state index is 0.0127. The summed E-state index contributed by atoms with van der Waals surface area (Å²) in [7, 11) is 0. The highest BCUT2D eigenvalue weighted by Gasteiger charge is 2.20. The number of carbonyl (C=O) groups excluding carboxylic acids is 2. The zero-order chi connectivity index (χ0) is 55.0. The third kappa shape index (κ3) is 61.6. The Morgan fingerprint density at radius 3 is 0.934 bits per heavy atom. The van der Waals surface area contributed by atoms with Gasteiger partial charge in [0.05, 0.1) is 25.4 Å². The summed E-state index contributed by atoms with van der Waals surface area (Å²) in [5.41, 5.74) is 0. The summed E-state index contributed by atoms with van der Waals surface area (Å²) in [5.74, 6) is -0.0196. The van der Waals surface area contributed by atoms with Crippen molar-refractivity contribution in [3.8, 4) is 0 Å². The van der Waals surface area contributed by atoms with Crippen LogP contribution in [0.4, 0.5) is 0 Å². The molecule has 2 atom stereocenters. The summed E-state index contributed by atoms with van der Waals surface area (Å²) >= 11 is 0. The number of hydrogen-bond acceptors (Lipinski definition) is 5. The molecular formula is C70H135NO5. The van der Waals surface area contributed by atoms with Gasteiger partial charge in [-0.2, -0.15) is 0 Å². The van der Waals surface area contributed by atoms with E-state index < -0.39 is 12.1 Å². The number of unbranched alkanes of at least 4 members (excludes halogenated alkanes) is 50. The third-order valence-electron chi connectivity index (χ3n) is 16.2. The maximum absolute atomic E-state index is 12.4. The Morgan fingerprint density at radius 1 is 0.355 bits per heavy atom. The Balaban J connectivity index is 3.30. The topological polar surface area (TPSA) is 95.9 Å². The molecule has 0 saturated carbocycles.